The maximum Gasteiger partial charge on any atom is 0.239 e. The van der Waals surface area contributed by atoms with Crippen molar-refractivity contribution in [2.45, 2.75) is 52.1 Å². The Kier molecular flexibility index (Phi) is 7.34. The Morgan fingerprint density at radius 1 is 1.47 bits per heavy atom. The summed E-state index contributed by atoms with van der Waals surface area (Å²) in [7, 11) is 0. The largest absolute Gasteiger partial charge is 0.395 e. The molecule has 0 radical (unpaired) electrons. The van der Waals surface area contributed by atoms with E-state index in [1.54, 1.807) is 4.90 Å². The number of aliphatic hydroxyl groups is 1. The fraction of sp³-hybridized carbons (Fsp3) is 0.909. The van der Waals surface area contributed by atoms with E-state index in [-0.39, 0.29) is 18.6 Å². The fourth-order valence-electron chi connectivity index (χ4n) is 1.49. The Morgan fingerprint density at radius 3 is 2.47 bits per heavy atom. The molecule has 0 aromatic carbocycles. The van der Waals surface area contributed by atoms with E-state index >= 15 is 0 Å². The number of amides is 1. The van der Waals surface area contributed by atoms with Crippen molar-refractivity contribution in [3.8, 4) is 0 Å². The number of aliphatic hydroxyl groups excluding tert-OH is 1. The van der Waals surface area contributed by atoms with Crippen LogP contribution in [0.25, 0.3) is 0 Å². The van der Waals surface area contributed by atoms with Crippen LogP contribution in [0.5, 0.6) is 0 Å². The van der Waals surface area contributed by atoms with Crippen LogP contribution in [0.1, 0.15) is 40.0 Å². The van der Waals surface area contributed by atoms with Gasteiger partial charge in [-0.25, -0.2) is 0 Å². The molecule has 1 amide bonds. The highest BCUT2D eigenvalue weighted by Crippen LogP contribution is 2.05. The molecule has 0 rings (SSSR count). The first-order chi connectivity index (χ1) is 7.04. The third-order valence-corrected chi connectivity index (χ3v) is 2.43. The van der Waals surface area contributed by atoms with Gasteiger partial charge in [0, 0.05) is 12.6 Å². The first kappa shape index (κ1) is 14.4. The third-order valence-electron chi connectivity index (χ3n) is 2.43. The van der Waals surface area contributed by atoms with Crippen LogP contribution in [0.3, 0.4) is 0 Å². The Bertz CT molecular complexity index is 183. The van der Waals surface area contributed by atoms with Crippen molar-refractivity contribution in [3.63, 3.8) is 0 Å². The van der Waals surface area contributed by atoms with Gasteiger partial charge in [0.2, 0.25) is 5.91 Å². The van der Waals surface area contributed by atoms with Gasteiger partial charge in [-0.15, -0.1) is 0 Å². The lowest BCUT2D eigenvalue weighted by Gasteiger charge is -2.28. The molecule has 0 unspecified atom stereocenters. The van der Waals surface area contributed by atoms with E-state index in [0.717, 1.165) is 19.3 Å². The van der Waals surface area contributed by atoms with Crippen LogP contribution in [0, 0.1) is 0 Å². The van der Waals surface area contributed by atoms with E-state index in [4.69, 9.17) is 10.8 Å². The second kappa shape index (κ2) is 7.65. The molecular formula is C11H24N2O2. The SMILES string of the molecule is CCCC[C@H](N)C(=O)N(CCO)C(C)C. The molecule has 0 fully saturated rings. The molecule has 0 aliphatic heterocycles. The van der Waals surface area contributed by atoms with Gasteiger partial charge >= 0.3 is 0 Å². The van der Waals surface area contributed by atoms with Crippen molar-refractivity contribution in [3.05, 3.63) is 0 Å². The van der Waals surface area contributed by atoms with Crippen molar-refractivity contribution in [2.24, 2.45) is 5.73 Å². The molecule has 0 aromatic heterocycles. The van der Waals surface area contributed by atoms with Gasteiger partial charge in [0.25, 0.3) is 0 Å². The van der Waals surface area contributed by atoms with Crippen molar-refractivity contribution < 1.29 is 9.90 Å². The van der Waals surface area contributed by atoms with E-state index in [9.17, 15) is 4.79 Å². The Morgan fingerprint density at radius 2 is 2.07 bits per heavy atom. The summed E-state index contributed by atoms with van der Waals surface area (Å²) in [6.07, 6.45) is 2.74. The maximum absolute atomic E-state index is 11.9. The highest BCUT2D eigenvalue weighted by atomic mass is 16.3. The lowest BCUT2D eigenvalue weighted by molar-refractivity contribution is -0.135. The lowest BCUT2D eigenvalue weighted by Crippen LogP contribution is -2.48. The fourth-order valence-corrected chi connectivity index (χ4v) is 1.49. The Balaban J connectivity index is 4.22. The highest BCUT2D eigenvalue weighted by molar-refractivity contribution is 5.81. The third kappa shape index (κ3) is 5.14. The average molecular weight is 216 g/mol. The van der Waals surface area contributed by atoms with Gasteiger partial charge in [-0.3, -0.25) is 4.79 Å². The summed E-state index contributed by atoms with van der Waals surface area (Å²) in [5, 5.41) is 8.86. The molecule has 0 aliphatic rings. The van der Waals surface area contributed by atoms with Gasteiger partial charge < -0.3 is 15.7 Å². The molecule has 0 aromatic rings. The first-order valence-corrected chi connectivity index (χ1v) is 5.71. The molecule has 1 atom stereocenters. The molecule has 15 heavy (non-hydrogen) atoms. The van der Waals surface area contributed by atoms with Crippen LogP contribution >= 0.6 is 0 Å². The van der Waals surface area contributed by atoms with Gasteiger partial charge in [-0.05, 0) is 20.3 Å². The molecule has 3 N–H and O–H groups in total. The minimum atomic E-state index is -0.418. The van der Waals surface area contributed by atoms with Crippen molar-refractivity contribution >= 4 is 5.91 Å². The molecule has 90 valence electrons. The molecule has 0 saturated carbocycles. The zero-order valence-electron chi connectivity index (χ0n) is 10.1. The van der Waals surface area contributed by atoms with E-state index in [0.29, 0.717) is 6.54 Å². The van der Waals surface area contributed by atoms with Crippen LogP contribution in [-0.2, 0) is 4.79 Å². The molecule has 0 aliphatic carbocycles. The molecule has 4 nitrogen and oxygen atoms in total. The normalized spacial score (nSPS) is 12.9. The summed E-state index contributed by atoms with van der Waals surface area (Å²) in [5.74, 6) is -0.0486. The summed E-state index contributed by atoms with van der Waals surface area (Å²) >= 11 is 0. The van der Waals surface area contributed by atoms with Crippen LogP contribution in [-0.4, -0.2) is 41.1 Å². The summed E-state index contributed by atoms with van der Waals surface area (Å²) < 4.78 is 0. The number of hydrogen-bond donors (Lipinski definition) is 2. The standard InChI is InChI=1S/C11H24N2O2/c1-4-5-6-10(12)11(15)13(7-8-14)9(2)3/h9-10,14H,4-8,12H2,1-3H3/t10-/m0/s1. The van der Waals surface area contributed by atoms with E-state index in [1.165, 1.54) is 0 Å². The molecule has 0 saturated heterocycles. The predicted octanol–water partition coefficient (Wildman–Crippen LogP) is 0.733. The molecule has 4 heteroatoms. The minimum Gasteiger partial charge on any atom is -0.395 e. The van der Waals surface area contributed by atoms with Gasteiger partial charge in [0.1, 0.15) is 0 Å². The molecular weight excluding hydrogens is 192 g/mol. The van der Waals surface area contributed by atoms with Gasteiger partial charge in [0.05, 0.1) is 12.6 Å². The molecule has 0 spiro atoms. The second-order valence-corrected chi connectivity index (χ2v) is 4.10. The average Bonchev–Trinajstić information content (AvgIpc) is 2.21. The van der Waals surface area contributed by atoms with E-state index < -0.39 is 6.04 Å². The van der Waals surface area contributed by atoms with Gasteiger partial charge in [-0.1, -0.05) is 19.8 Å². The first-order valence-electron chi connectivity index (χ1n) is 5.71. The number of carbonyl (C=O) groups excluding carboxylic acids is 1. The number of nitrogens with zero attached hydrogens (tertiary/aromatic N) is 1. The smallest absolute Gasteiger partial charge is 0.239 e. The predicted molar refractivity (Wildman–Crippen MR) is 61.4 cm³/mol. The van der Waals surface area contributed by atoms with E-state index in [1.807, 2.05) is 13.8 Å². The summed E-state index contributed by atoms with van der Waals surface area (Å²) in [5.41, 5.74) is 5.80. The van der Waals surface area contributed by atoms with Crippen LogP contribution in [0.4, 0.5) is 0 Å². The van der Waals surface area contributed by atoms with Gasteiger partial charge in [0.15, 0.2) is 0 Å². The highest BCUT2D eigenvalue weighted by Gasteiger charge is 2.21. The maximum atomic E-state index is 11.9. The number of rotatable bonds is 7. The number of hydrogen-bond acceptors (Lipinski definition) is 3. The number of unbranched alkanes of at least 4 members (excludes halogenated alkanes) is 1. The monoisotopic (exact) mass is 216 g/mol. The molecule has 0 heterocycles. The summed E-state index contributed by atoms with van der Waals surface area (Å²) in [6, 6.07) is -0.323. The van der Waals surface area contributed by atoms with Crippen LogP contribution < -0.4 is 5.73 Å². The van der Waals surface area contributed by atoms with Crippen molar-refractivity contribution in [1.82, 2.24) is 4.90 Å². The topological polar surface area (TPSA) is 66.6 Å². The Hall–Kier alpha value is -0.610. The minimum absolute atomic E-state index is 0.00951. The Labute approximate surface area is 92.4 Å². The zero-order chi connectivity index (χ0) is 11.8. The summed E-state index contributed by atoms with van der Waals surface area (Å²) in [6.45, 7) is 6.30. The van der Waals surface area contributed by atoms with Crippen molar-refractivity contribution in [1.29, 1.82) is 0 Å². The van der Waals surface area contributed by atoms with Crippen LogP contribution in [0.2, 0.25) is 0 Å². The zero-order valence-corrected chi connectivity index (χ0v) is 10.1. The lowest BCUT2D eigenvalue weighted by atomic mass is 10.1. The van der Waals surface area contributed by atoms with Crippen molar-refractivity contribution in [2.75, 3.05) is 13.2 Å². The molecule has 0 bridgehead atoms. The van der Waals surface area contributed by atoms with Gasteiger partial charge in [-0.2, -0.15) is 0 Å². The second-order valence-electron chi connectivity index (χ2n) is 4.10. The number of carbonyl (C=O) groups is 1. The summed E-state index contributed by atoms with van der Waals surface area (Å²) in [4.78, 5) is 13.5. The quantitative estimate of drug-likeness (QED) is 0.659. The van der Waals surface area contributed by atoms with E-state index in [2.05, 4.69) is 6.92 Å². The number of nitrogens with two attached hydrogens (primary N) is 1. The van der Waals surface area contributed by atoms with Crippen LogP contribution in [0.15, 0.2) is 0 Å².